The first-order chi connectivity index (χ1) is 7.36. The van der Waals surface area contributed by atoms with Gasteiger partial charge in [-0.15, -0.1) is 0 Å². The molecule has 0 aromatic carbocycles. The van der Waals surface area contributed by atoms with Crippen molar-refractivity contribution in [3.05, 3.63) is 47.1 Å². The molecule has 0 atom stereocenters. The maximum absolute atomic E-state index is 2.30. The number of rotatable bonds is 1. The molecule has 0 saturated carbocycles. The Morgan fingerprint density at radius 3 is 2.13 bits per heavy atom. The molecule has 2 aliphatic rings. The molecule has 2 aliphatic carbocycles. The van der Waals surface area contributed by atoms with Crippen LogP contribution in [-0.2, 0) is 0 Å². The molecule has 0 spiro atoms. The Morgan fingerprint density at radius 1 is 0.867 bits per heavy atom. The number of hydrogen-bond acceptors (Lipinski definition) is 0. The summed E-state index contributed by atoms with van der Waals surface area (Å²) in [6.45, 7) is 6.21. The normalized spacial score (nSPS) is 19.5. The summed E-state index contributed by atoms with van der Waals surface area (Å²) in [4.78, 5) is 0. The number of allylic oxidation sites excluding steroid dienone is 8. The maximum Gasteiger partial charge on any atom is -0.0239 e. The minimum absolute atomic E-state index is 1.21. The van der Waals surface area contributed by atoms with Crippen LogP contribution < -0.4 is 0 Å². The van der Waals surface area contributed by atoms with Gasteiger partial charge in [-0.25, -0.2) is 0 Å². The van der Waals surface area contributed by atoms with Crippen molar-refractivity contribution < 1.29 is 0 Å². The fourth-order valence-corrected chi connectivity index (χ4v) is 1.88. The molecule has 0 aromatic rings. The highest BCUT2D eigenvalue weighted by Crippen LogP contribution is 2.28. The zero-order valence-electron chi connectivity index (χ0n) is 10.2. The SMILES string of the molecule is CC.CC1=CC=C(C2=CC=CCC2)CC1. The Balaban J connectivity index is 0.000000531. The van der Waals surface area contributed by atoms with Crippen LogP contribution in [0.1, 0.15) is 46.5 Å². The quantitative estimate of drug-likeness (QED) is 0.564. The van der Waals surface area contributed by atoms with Crippen LogP contribution in [0.4, 0.5) is 0 Å². The molecule has 82 valence electrons. The molecule has 0 nitrogen and oxygen atoms in total. The summed E-state index contributed by atoms with van der Waals surface area (Å²) in [6, 6.07) is 0. The monoisotopic (exact) mass is 202 g/mol. The summed E-state index contributed by atoms with van der Waals surface area (Å²) in [5, 5.41) is 0. The first-order valence-electron chi connectivity index (χ1n) is 6.08. The summed E-state index contributed by atoms with van der Waals surface area (Å²) < 4.78 is 0. The molecule has 0 bridgehead atoms. The third kappa shape index (κ3) is 3.54. The second kappa shape index (κ2) is 6.44. The Kier molecular flexibility index (Phi) is 5.17. The van der Waals surface area contributed by atoms with Gasteiger partial charge in [0.25, 0.3) is 0 Å². The van der Waals surface area contributed by atoms with Gasteiger partial charge >= 0.3 is 0 Å². The van der Waals surface area contributed by atoms with Crippen molar-refractivity contribution in [1.29, 1.82) is 0 Å². The minimum atomic E-state index is 1.21. The largest absolute Gasteiger partial charge is 0.0842 e. The highest BCUT2D eigenvalue weighted by molar-refractivity contribution is 5.40. The molecule has 0 heteroatoms. The fourth-order valence-electron chi connectivity index (χ4n) is 1.88. The van der Waals surface area contributed by atoms with E-state index < -0.39 is 0 Å². The molecular weight excluding hydrogens is 180 g/mol. The van der Waals surface area contributed by atoms with E-state index in [1.54, 1.807) is 11.1 Å². The summed E-state index contributed by atoms with van der Waals surface area (Å²) in [7, 11) is 0. The molecule has 15 heavy (non-hydrogen) atoms. The van der Waals surface area contributed by atoms with Crippen molar-refractivity contribution in [3.63, 3.8) is 0 Å². The van der Waals surface area contributed by atoms with E-state index in [2.05, 4.69) is 37.3 Å². The van der Waals surface area contributed by atoms with Gasteiger partial charge in [-0.2, -0.15) is 0 Å². The second-order valence-corrected chi connectivity index (χ2v) is 3.86. The molecule has 0 saturated heterocycles. The zero-order chi connectivity index (χ0) is 11.1. The van der Waals surface area contributed by atoms with E-state index in [1.807, 2.05) is 13.8 Å². The van der Waals surface area contributed by atoms with Crippen molar-refractivity contribution in [2.24, 2.45) is 0 Å². The Hall–Kier alpha value is -1.04. The van der Waals surface area contributed by atoms with Gasteiger partial charge in [0.1, 0.15) is 0 Å². The topological polar surface area (TPSA) is 0 Å². The van der Waals surface area contributed by atoms with Gasteiger partial charge in [-0.05, 0) is 43.8 Å². The molecule has 2 rings (SSSR count). The van der Waals surface area contributed by atoms with Crippen LogP contribution in [0.2, 0.25) is 0 Å². The van der Waals surface area contributed by atoms with Crippen molar-refractivity contribution in [2.45, 2.75) is 46.5 Å². The van der Waals surface area contributed by atoms with Crippen molar-refractivity contribution in [2.75, 3.05) is 0 Å². The van der Waals surface area contributed by atoms with Crippen LogP contribution in [0.25, 0.3) is 0 Å². The average molecular weight is 202 g/mol. The van der Waals surface area contributed by atoms with Crippen LogP contribution >= 0.6 is 0 Å². The van der Waals surface area contributed by atoms with Crippen LogP contribution in [0.5, 0.6) is 0 Å². The zero-order valence-corrected chi connectivity index (χ0v) is 10.2. The highest BCUT2D eigenvalue weighted by atomic mass is 14.1. The van der Waals surface area contributed by atoms with Gasteiger partial charge in [0, 0.05) is 0 Å². The lowest BCUT2D eigenvalue weighted by Gasteiger charge is -2.16. The predicted molar refractivity (Wildman–Crippen MR) is 68.9 cm³/mol. The third-order valence-corrected chi connectivity index (χ3v) is 2.78. The number of hydrogen-bond donors (Lipinski definition) is 0. The van der Waals surface area contributed by atoms with Gasteiger partial charge in [0.05, 0.1) is 0 Å². The second-order valence-electron chi connectivity index (χ2n) is 3.86. The molecule has 0 aromatic heterocycles. The van der Waals surface area contributed by atoms with E-state index in [0.717, 1.165) is 0 Å². The summed E-state index contributed by atoms with van der Waals surface area (Å²) >= 11 is 0. The van der Waals surface area contributed by atoms with Crippen LogP contribution in [0, 0.1) is 0 Å². The van der Waals surface area contributed by atoms with Gasteiger partial charge in [0.15, 0.2) is 0 Å². The predicted octanol–water partition coefficient (Wildman–Crippen LogP) is 4.96. The molecule has 0 N–H and O–H groups in total. The van der Waals surface area contributed by atoms with Crippen LogP contribution in [0.3, 0.4) is 0 Å². The summed E-state index contributed by atoms with van der Waals surface area (Å²) in [6.07, 6.45) is 16.2. The molecular formula is C15H22. The van der Waals surface area contributed by atoms with E-state index in [4.69, 9.17) is 0 Å². The van der Waals surface area contributed by atoms with Gasteiger partial charge in [-0.1, -0.05) is 49.8 Å². The van der Waals surface area contributed by atoms with Gasteiger partial charge in [-0.3, -0.25) is 0 Å². The molecule has 0 heterocycles. The maximum atomic E-state index is 2.30. The summed E-state index contributed by atoms with van der Waals surface area (Å²) in [5.74, 6) is 0. The van der Waals surface area contributed by atoms with E-state index in [0.29, 0.717) is 0 Å². The third-order valence-electron chi connectivity index (χ3n) is 2.78. The lowest BCUT2D eigenvalue weighted by molar-refractivity contribution is 0.870. The molecule has 0 amide bonds. The van der Waals surface area contributed by atoms with Crippen LogP contribution in [-0.4, -0.2) is 0 Å². The fraction of sp³-hybridized carbons (Fsp3) is 0.467. The van der Waals surface area contributed by atoms with Gasteiger partial charge < -0.3 is 0 Å². The van der Waals surface area contributed by atoms with E-state index in [1.165, 1.54) is 31.3 Å². The van der Waals surface area contributed by atoms with Crippen molar-refractivity contribution in [1.82, 2.24) is 0 Å². The minimum Gasteiger partial charge on any atom is -0.0842 e. The highest BCUT2D eigenvalue weighted by Gasteiger charge is 2.08. The van der Waals surface area contributed by atoms with Crippen molar-refractivity contribution in [3.8, 4) is 0 Å². The lowest BCUT2D eigenvalue weighted by Crippen LogP contribution is -1.96. The Bertz CT molecular complexity index is 311. The van der Waals surface area contributed by atoms with Gasteiger partial charge in [0.2, 0.25) is 0 Å². The van der Waals surface area contributed by atoms with E-state index in [-0.39, 0.29) is 0 Å². The molecule has 0 radical (unpaired) electrons. The Morgan fingerprint density at radius 2 is 1.60 bits per heavy atom. The van der Waals surface area contributed by atoms with Crippen molar-refractivity contribution >= 4 is 0 Å². The van der Waals surface area contributed by atoms with E-state index >= 15 is 0 Å². The molecule has 0 unspecified atom stereocenters. The summed E-state index contributed by atoms with van der Waals surface area (Å²) in [5.41, 5.74) is 4.61. The van der Waals surface area contributed by atoms with E-state index in [9.17, 15) is 0 Å². The molecule has 0 fully saturated rings. The average Bonchev–Trinajstić information content (AvgIpc) is 2.34. The van der Waals surface area contributed by atoms with Crippen LogP contribution in [0.15, 0.2) is 47.1 Å². The first-order valence-corrected chi connectivity index (χ1v) is 6.08. The standard InChI is InChI=1S/C13H16.C2H6/c1-11-7-9-13(10-8-11)12-5-3-2-4-6-12;1-2/h2-3,5,7,9H,4,6,8,10H2,1H3;1-2H3. The Labute approximate surface area is 94.1 Å². The smallest absolute Gasteiger partial charge is 0.0239 e. The molecule has 0 aliphatic heterocycles. The lowest BCUT2D eigenvalue weighted by atomic mass is 9.90. The first kappa shape index (κ1) is 12.0.